The van der Waals surface area contributed by atoms with Crippen molar-refractivity contribution in [2.75, 3.05) is 17.4 Å². The summed E-state index contributed by atoms with van der Waals surface area (Å²) in [6, 6.07) is 3.92. The summed E-state index contributed by atoms with van der Waals surface area (Å²) < 4.78 is 0. The zero-order valence-corrected chi connectivity index (χ0v) is 10.9. The number of hydrogen-bond donors (Lipinski definition) is 3. The Morgan fingerprint density at radius 2 is 2.25 bits per heavy atom. The molecule has 0 unspecified atom stereocenters. The molecule has 8 heteroatoms. The number of nitrogen functional groups attached to an aromatic ring is 1. The van der Waals surface area contributed by atoms with Gasteiger partial charge in [0.15, 0.2) is 5.65 Å². The lowest BCUT2D eigenvalue weighted by Gasteiger charge is -2.19. The van der Waals surface area contributed by atoms with Gasteiger partial charge >= 0.3 is 0 Å². The summed E-state index contributed by atoms with van der Waals surface area (Å²) in [5, 5.41) is 7.65. The smallest absolute Gasteiger partial charge is 0.241 e. The Morgan fingerprint density at radius 1 is 1.35 bits per heavy atom. The number of hydrogen-bond acceptors (Lipinski definition) is 7. The molecule has 0 spiro atoms. The number of H-pyrrole nitrogens is 1. The van der Waals surface area contributed by atoms with Crippen LogP contribution in [0.3, 0.4) is 0 Å². The van der Waals surface area contributed by atoms with Crippen molar-refractivity contribution < 1.29 is 0 Å². The first-order valence-electron chi connectivity index (χ1n) is 6.05. The molecule has 3 aromatic rings. The van der Waals surface area contributed by atoms with Crippen molar-refractivity contribution >= 4 is 22.8 Å². The minimum Gasteiger partial charge on any atom is -0.355 e. The second kappa shape index (κ2) is 5.10. The van der Waals surface area contributed by atoms with Crippen LogP contribution in [-0.4, -0.2) is 32.2 Å². The van der Waals surface area contributed by atoms with Crippen LogP contribution in [0.4, 0.5) is 11.8 Å². The number of fused-ring (bicyclic) bond motifs is 1. The van der Waals surface area contributed by atoms with E-state index in [0.29, 0.717) is 18.1 Å². The van der Waals surface area contributed by atoms with E-state index in [1.165, 1.54) is 0 Å². The van der Waals surface area contributed by atoms with Gasteiger partial charge in [0.2, 0.25) is 5.95 Å². The highest BCUT2D eigenvalue weighted by atomic mass is 15.3. The molecule has 3 aromatic heterocycles. The van der Waals surface area contributed by atoms with E-state index >= 15 is 0 Å². The van der Waals surface area contributed by atoms with Gasteiger partial charge in [0, 0.05) is 26.0 Å². The van der Waals surface area contributed by atoms with Crippen LogP contribution in [0.1, 0.15) is 5.56 Å². The second-order valence-corrected chi connectivity index (χ2v) is 4.36. The van der Waals surface area contributed by atoms with Gasteiger partial charge in [0.05, 0.1) is 11.6 Å². The number of nitrogens with one attached hydrogen (secondary N) is 2. The Balaban J connectivity index is 1.98. The van der Waals surface area contributed by atoms with Gasteiger partial charge in [0.1, 0.15) is 5.82 Å². The number of aromatic amines is 1. The molecule has 0 bridgehead atoms. The van der Waals surface area contributed by atoms with Crippen molar-refractivity contribution in [2.24, 2.45) is 5.84 Å². The maximum Gasteiger partial charge on any atom is 0.241 e. The minimum absolute atomic E-state index is 0.342. The number of nitrogens with two attached hydrogens (primary N) is 1. The zero-order chi connectivity index (χ0) is 13.9. The molecule has 0 aliphatic rings. The largest absolute Gasteiger partial charge is 0.355 e. The van der Waals surface area contributed by atoms with E-state index in [4.69, 9.17) is 5.84 Å². The first-order valence-corrected chi connectivity index (χ1v) is 6.05. The average molecular weight is 270 g/mol. The number of pyridine rings is 1. The van der Waals surface area contributed by atoms with Crippen molar-refractivity contribution in [3.8, 4) is 0 Å². The van der Waals surface area contributed by atoms with Crippen LogP contribution in [0, 0.1) is 0 Å². The SMILES string of the molecule is CN(Cc1cccnc1)c1nc(NN)nc2[nH]ncc12. The number of aromatic nitrogens is 5. The van der Waals surface area contributed by atoms with E-state index in [1.807, 2.05) is 30.3 Å². The lowest BCUT2D eigenvalue weighted by molar-refractivity contribution is 0.894. The molecule has 0 saturated carbocycles. The van der Waals surface area contributed by atoms with Crippen molar-refractivity contribution in [2.45, 2.75) is 6.54 Å². The third kappa shape index (κ3) is 2.24. The molecule has 0 fully saturated rings. The summed E-state index contributed by atoms with van der Waals surface area (Å²) in [4.78, 5) is 14.7. The maximum absolute atomic E-state index is 5.39. The Kier molecular flexibility index (Phi) is 3.13. The van der Waals surface area contributed by atoms with Crippen LogP contribution in [0.5, 0.6) is 0 Å². The summed E-state index contributed by atoms with van der Waals surface area (Å²) in [5.41, 5.74) is 4.19. The molecule has 0 aliphatic carbocycles. The summed E-state index contributed by atoms with van der Waals surface area (Å²) in [5.74, 6) is 6.49. The second-order valence-electron chi connectivity index (χ2n) is 4.36. The lowest BCUT2D eigenvalue weighted by Crippen LogP contribution is -2.20. The van der Waals surface area contributed by atoms with Crippen LogP contribution in [0.2, 0.25) is 0 Å². The van der Waals surface area contributed by atoms with Gasteiger partial charge in [-0.25, -0.2) is 5.84 Å². The zero-order valence-electron chi connectivity index (χ0n) is 10.9. The highest BCUT2D eigenvalue weighted by molar-refractivity contribution is 5.87. The van der Waals surface area contributed by atoms with Gasteiger partial charge in [-0.1, -0.05) is 6.07 Å². The molecule has 0 atom stereocenters. The number of anilines is 2. The fourth-order valence-electron chi connectivity index (χ4n) is 2.02. The highest BCUT2D eigenvalue weighted by Crippen LogP contribution is 2.23. The van der Waals surface area contributed by atoms with E-state index in [-0.39, 0.29) is 0 Å². The molecule has 0 aromatic carbocycles. The Morgan fingerprint density at radius 3 is 3.00 bits per heavy atom. The molecule has 4 N–H and O–H groups in total. The Labute approximate surface area is 115 Å². The number of rotatable bonds is 4. The van der Waals surface area contributed by atoms with Gasteiger partial charge in [-0.15, -0.1) is 0 Å². The third-order valence-corrected chi connectivity index (χ3v) is 2.92. The van der Waals surface area contributed by atoms with Crippen LogP contribution < -0.4 is 16.2 Å². The first-order chi connectivity index (χ1) is 9.78. The third-order valence-electron chi connectivity index (χ3n) is 2.92. The predicted molar refractivity (Wildman–Crippen MR) is 75.8 cm³/mol. The molecule has 3 heterocycles. The highest BCUT2D eigenvalue weighted by Gasteiger charge is 2.13. The molecule has 102 valence electrons. The molecule has 20 heavy (non-hydrogen) atoms. The van der Waals surface area contributed by atoms with E-state index in [0.717, 1.165) is 16.8 Å². The molecule has 3 rings (SSSR count). The van der Waals surface area contributed by atoms with E-state index in [9.17, 15) is 0 Å². The Bertz CT molecular complexity index is 708. The summed E-state index contributed by atoms with van der Waals surface area (Å²) in [6.07, 6.45) is 5.27. The molecule has 0 saturated heterocycles. The lowest BCUT2D eigenvalue weighted by atomic mass is 10.2. The monoisotopic (exact) mass is 270 g/mol. The first kappa shape index (κ1) is 12.3. The quantitative estimate of drug-likeness (QED) is 0.472. The summed E-state index contributed by atoms with van der Waals surface area (Å²) >= 11 is 0. The fourth-order valence-corrected chi connectivity index (χ4v) is 2.02. The molecule has 0 radical (unpaired) electrons. The minimum atomic E-state index is 0.342. The van der Waals surface area contributed by atoms with Gasteiger partial charge < -0.3 is 4.90 Å². The van der Waals surface area contributed by atoms with Crippen molar-refractivity contribution in [1.82, 2.24) is 25.1 Å². The van der Waals surface area contributed by atoms with Crippen molar-refractivity contribution in [3.63, 3.8) is 0 Å². The van der Waals surface area contributed by atoms with Crippen LogP contribution in [0.15, 0.2) is 30.7 Å². The van der Waals surface area contributed by atoms with Gasteiger partial charge in [-0.3, -0.25) is 15.5 Å². The molecule has 0 amide bonds. The van der Waals surface area contributed by atoms with Crippen molar-refractivity contribution in [3.05, 3.63) is 36.3 Å². The van der Waals surface area contributed by atoms with E-state index in [2.05, 4.69) is 30.6 Å². The summed E-state index contributed by atoms with van der Waals surface area (Å²) in [6.45, 7) is 0.676. The van der Waals surface area contributed by atoms with Crippen LogP contribution >= 0.6 is 0 Å². The maximum atomic E-state index is 5.39. The molecular weight excluding hydrogens is 256 g/mol. The standard InChI is InChI=1S/C12H14N8/c1-20(7-8-3-2-4-14-5-8)11-9-6-15-19-10(9)16-12(17-11)18-13/h2-6H,7,13H2,1H3,(H2,15,16,17,18,19). The topological polar surface area (TPSA) is 109 Å². The van der Waals surface area contributed by atoms with Gasteiger partial charge in [-0.05, 0) is 11.6 Å². The van der Waals surface area contributed by atoms with E-state index in [1.54, 1.807) is 12.4 Å². The summed E-state index contributed by atoms with van der Waals surface area (Å²) in [7, 11) is 1.95. The normalized spacial score (nSPS) is 10.7. The van der Waals surface area contributed by atoms with Gasteiger partial charge in [0.25, 0.3) is 0 Å². The van der Waals surface area contributed by atoms with Crippen molar-refractivity contribution in [1.29, 1.82) is 0 Å². The molecule has 8 nitrogen and oxygen atoms in total. The predicted octanol–water partition coefficient (Wildman–Crippen LogP) is 0.670. The fraction of sp³-hybridized carbons (Fsp3) is 0.167. The van der Waals surface area contributed by atoms with E-state index < -0.39 is 0 Å². The van der Waals surface area contributed by atoms with Gasteiger partial charge in [-0.2, -0.15) is 15.1 Å². The number of hydrazine groups is 1. The average Bonchev–Trinajstić information content (AvgIpc) is 2.95. The Hall–Kier alpha value is -2.74. The molecular formula is C12H14N8. The molecule has 0 aliphatic heterocycles. The van der Waals surface area contributed by atoms with Crippen LogP contribution in [0.25, 0.3) is 11.0 Å². The number of nitrogens with zero attached hydrogens (tertiary/aromatic N) is 5. The van der Waals surface area contributed by atoms with Crippen LogP contribution in [-0.2, 0) is 6.54 Å².